The van der Waals surface area contributed by atoms with Crippen molar-refractivity contribution >= 4 is 23.5 Å². The Morgan fingerprint density at radius 3 is 2.80 bits per heavy atom. The lowest BCUT2D eigenvalue weighted by Crippen LogP contribution is -2.03. The second kappa shape index (κ2) is 4.14. The topological polar surface area (TPSA) is 61.0 Å². The van der Waals surface area contributed by atoms with E-state index in [1.54, 1.807) is 18.3 Å². The van der Waals surface area contributed by atoms with Gasteiger partial charge in [-0.25, -0.2) is 0 Å². The highest BCUT2D eigenvalue weighted by Crippen LogP contribution is 2.23. The van der Waals surface area contributed by atoms with E-state index in [1.165, 1.54) is 6.21 Å². The maximum absolute atomic E-state index is 11.1. The Morgan fingerprint density at radius 1 is 1.33 bits per heavy atom. The van der Waals surface area contributed by atoms with Crippen LogP contribution < -0.4 is 5.56 Å². The molecule has 5 heteroatoms. The summed E-state index contributed by atoms with van der Waals surface area (Å²) in [7, 11) is 0. The Bertz CT molecular complexity index is 541. The molecule has 0 saturated heterocycles. The molecule has 0 amide bonds. The molecule has 0 aliphatic rings. The molecule has 2 aromatic rings. The van der Waals surface area contributed by atoms with Crippen LogP contribution in [0.3, 0.4) is 0 Å². The molecule has 0 bridgehead atoms. The summed E-state index contributed by atoms with van der Waals surface area (Å²) in [5.74, 6) is 0. The maximum atomic E-state index is 11.1. The molecule has 15 heavy (non-hydrogen) atoms. The van der Waals surface area contributed by atoms with Crippen LogP contribution in [-0.4, -0.2) is 16.4 Å². The van der Waals surface area contributed by atoms with Gasteiger partial charge in [-0.05, 0) is 12.1 Å². The van der Waals surface area contributed by atoms with Gasteiger partial charge >= 0.3 is 0 Å². The first-order valence-corrected chi connectivity index (χ1v) is 4.70. The Hall–Kier alpha value is -1.81. The monoisotopic (exact) mass is 221 g/mol. The minimum atomic E-state index is -0.203. The van der Waals surface area contributed by atoms with Gasteiger partial charge in [-0.2, -0.15) is 0 Å². The van der Waals surface area contributed by atoms with Crippen molar-refractivity contribution in [2.24, 2.45) is 4.99 Å². The van der Waals surface area contributed by atoms with Gasteiger partial charge in [0.1, 0.15) is 0 Å². The van der Waals surface area contributed by atoms with Gasteiger partial charge in [0.25, 0.3) is 5.56 Å². The molecular weight excluding hydrogens is 214 g/mol. The molecule has 0 spiro atoms. The molecule has 0 aliphatic carbocycles. The van der Waals surface area contributed by atoms with E-state index in [0.717, 1.165) is 0 Å². The highest BCUT2D eigenvalue weighted by atomic mass is 35.5. The van der Waals surface area contributed by atoms with Gasteiger partial charge < -0.3 is 5.10 Å². The average molecular weight is 222 g/mol. The van der Waals surface area contributed by atoms with Crippen molar-refractivity contribution in [1.29, 1.82) is 0 Å². The molecule has 2 N–H and O–H groups in total. The third-order valence-corrected chi connectivity index (χ3v) is 2.19. The molecule has 2 rings (SSSR count). The SMILES string of the molecule is O=c1[nH][nH]cc1C=Nc1ccccc1Cl. The minimum absolute atomic E-state index is 0.203. The molecule has 0 atom stereocenters. The summed E-state index contributed by atoms with van der Waals surface area (Å²) >= 11 is 5.90. The molecule has 0 radical (unpaired) electrons. The quantitative estimate of drug-likeness (QED) is 0.750. The van der Waals surface area contributed by atoms with Crippen LogP contribution in [0.4, 0.5) is 5.69 Å². The Morgan fingerprint density at radius 2 is 2.13 bits per heavy atom. The van der Waals surface area contributed by atoms with Crippen molar-refractivity contribution < 1.29 is 0 Å². The fraction of sp³-hybridized carbons (Fsp3) is 0. The van der Waals surface area contributed by atoms with Crippen molar-refractivity contribution in [3.63, 3.8) is 0 Å². The van der Waals surface area contributed by atoms with E-state index in [9.17, 15) is 4.79 Å². The summed E-state index contributed by atoms with van der Waals surface area (Å²) in [5.41, 5.74) is 0.903. The number of halogens is 1. The first kappa shape index (κ1) is 9.73. The van der Waals surface area contributed by atoms with Crippen LogP contribution in [-0.2, 0) is 0 Å². The highest BCUT2D eigenvalue weighted by Gasteiger charge is 1.97. The number of aliphatic imine (C=N–C) groups is 1. The molecule has 0 aliphatic heterocycles. The third kappa shape index (κ3) is 2.16. The van der Waals surface area contributed by atoms with Crippen LogP contribution in [0.25, 0.3) is 0 Å². The largest absolute Gasteiger partial charge is 0.305 e. The van der Waals surface area contributed by atoms with Gasteiger partial charge in [0.05, 0.1) is 16.3 Å². The van der Waals surface area contributed by atoms with Gasteiger partial charge in [-0.15, -0.1) is 0 Å². The van der Waals surface area contributed by atoms with Crippen molar-refractivity contribution in [1.82, 2.24) is 10.2 Å². The molecule has 1 aromatic heterocycles. The average Bonchev–Trinajstić information content (AvgIpc) is 2.63. The van der Waals surface area contributed by atoms with Gasteiger partial charge in [-0.3, -0.25) is 14.9 Å². The molecule has 1 heterocycles. The minimum Gasteiger partial charge on any atom is -0.305 e. The summed E-state index contributed by atoms with van der Waals surface area (Å²) in [5, 5.41) is 5.56. The molecule has 0 saturated carbocycles. The lowest BCUT2D eigenvalue weighted by Gasteiger charge is -1.94. The lowest BCUT2D eigenvalue weighted by atomic mass is 10.3. The molecule has 4 nitrogen and oxygen atoms in total. The van der Waals surface area contributed by atoms with Crippen molar-refractivity contribution in [3.05, 3.63) is 51.4 Å². The third-order valence-electron chi connectivity index (χ3n) is 1.87. The normalized spacial score (nSPS) is 11.0. The first-order chi connectivity index (χ1) is 7.27. The summed E-state index contributed by atoms with van der Waals surface area (Å²) in [4.78, 5) is 15.2. The van der Waals surface area contributed by atoms with E-state index in [4.69, 9.17) is 11.6 Å². The summed E-state index contributed by atoms with van der Waals surface area (Å²) in [6.07, 6.45) is 3.01. The zero-order valence-electron chi connectivity index (χ0n) is 7.70. The number of H-pyrrole nitrogens is 2. The second-order valence-electron chi connectivity index (χ2n) is 2.91. The van der Waals surface area contributed by atoms with Gasteiger partial charge in [0.2, 0.25) is 0 Å². The van der Waals surface area contributed by atoms with Crippen LogP contribution in [0.1, 0.15) is 5.56 Å². The predicted molar refractivity (Wildman–Crippen MR) is 60.1 cm³/mol. The van der Waals surface area contributed by atoms with Gasteiger partial charge in [0, 0.05) is 12.4 Å². The Balaban J connectivity index is 2.30. The van der Waals surface area contributed by atoms with E-state index >= 15 is 0 Å². The number of benzene rings is 1. The zero-order chi connectivity index (χ0) is 10.7. The fourth-order valence-electron chi connectivity index (χ4n) is 1.11. The molecule has 1 aromatic carbocycles. The first-order valence-electron chi connectivity index (χ1n) is 4.32. The number of nitrogens with zero attached hydrogens (tertiary/aromatic N) is 1. The zero-order valence-corrected chi connectivity index (χ0v) is 8.45. The number of para-hydroxylation sites is 1. The fourth-order valence-corrected chi connectivity index (χ4v) is 1.29. The number of rotatable bonds is 2. The van der Waals surface area contributed by atoms with Gasteiger partial charge in [0.15, 0.2) is 0 Å². The van der Waals surface area contributed by atoms with E-state index in [2.05, 4.69) is 15.2 Å². The van der Waals surface area contributed by atoms with Crippen molar-refractivity contribution in [2.45, 2.75) is 0 Å². The Kier molecular flexibility index (Phi) is 2.69. The van der Waals surface area contributed by atoms with Crippen molar-refractivity contribution in [2.75, 3.05) is 0 Å². The summed E-state index contributed by atoms with van der Waals surface area (Å²) < 4.78 is 0. The van der Waals surface area contributed by atoms with E-state index in [1.807, 2.05) is 12.1 Å². The molecule has 0 unspecified atom stereocenters. The number of hydrogen-bond acceptors (Lipinski definition) is 2. The number of aromatic amines is 2. The number of hydrogen-bond donors (Lipinski definition) is 2. The van der Waals surface area contributed by atoms with E-state index in [-0.39, 0.29) is 5.56 Å². The van der Waals surface area contributed by atoms with Crippen LogP contribution in [0.2, 0.25) is 5.02 Å². The summed E-state index contributed by atoms with van der Waals surface area (Å²) in [6.45, 7) is 0. The van der Waals surface area contributed by atoms with Crippen LogP contribution in [0, 0.1) is 0 Å². The number of nitrogens with one attached hydrogen (secondary N) is 2. The standard InChI is InChI=1S/C10H8ClN3O/c11-8-3-1-2-4-9(8)12-5-7-6-13-14-10(7)15/h1-6H,(H2,13,14,15). The highest BCUT2D eigenvalue weighted by molar-refractivity contribution is 6.33. The van der Waals surface area contributed by atoms with E-state index < -0.39 is 0 Å². The van der Waals surface area contributed by atoms with Gasteiger partial charge in [-0.1, -0.05) is 23.7 Å². The maximum Gasteiger partial charge on any atom is 0.272 e. The smallest absolute Gasteiger partial charge is 0.272 e. The van der Waals surface area contributed by atoms with Crippen molar-refractivity contribution in [3.8, 4) is 0 Å². The van der Waals surface area contributed by atoms with Crippen LogP contribution >= 0.6 is 11.6 Å². The predicted octanol–water partition coefficient (Wildman–Crippen LogP) is 2.11. The Labute approximate surface area is 90.6 Å². The summed E-state index contributed by atoms with van der Waals surface area (Å²) in [6, 6.07) is 7.18. The van der Waals surface area contributed by atoms with E-state index in [0.29, 0.717) is 16.3 Å². The second-order valence-corrected chi connectivity index (χ2v) is 3.31. The molecule has 76 valence electrons. The van der Waals surface area contributed by atoms with Crippen LogP contribution in [0.15, 0.2) is 40.2 Å². The van der Waals surface area contributed by atoms with Crippen LogP contribution in [0.5, 0.6) is 0 Å². The number of aromatic nitrogens is 2. The molecule has 0 fully saturated rings. The molecular formula is C10H8ClN3O. The lowest BCUT2D eigenvalue weighted by molar-refractivity contribution is 1.06.